The van der Waals surface area contributed by atoms with E-state index in [2.05, 4.69) is 5.32 Å². The van der Waals surface area contributed by atoms with E-state index in [-0.39, 0.29) is 11.9 Å². The third-order valence-electron chi connectivity index (χ3n) is 5.58. The Balaban J connectivity index is 1.44. The molecule has 27 heavy (non-hydrogen) atoms. The Morgan fingerprint density at radius 3 is 2.63 bits per heavy atom. The predicted molar refractivity (Wildman–Crippen MR) is 101 cm³/mol. The molecule has 2 saturated heterocycles. The second-order valence-corrected chi connectivity index (χ2v) is 7.51. The van der Waals surface area contributed by atoms with Crippen LogP contribution in [0.3, 0.4) is 0 Å². The van der Waals surface area contributed by atoms with Crippen LogP contribution in [0.15, 0.2) is 57.7 Å². The summed E-state index contributed by atoms with van der Waals surface area (Å²) in [5, 5.41) is 4.39. The van der Waals surface area contributed by atoms with Gasteiger partial charge < -0.3 is 14.5 Å². The summed E-state index contributed by atoms with van der Waals surface area (Å²) >= 11 is 0. The van der Waals surface area contributed by atoms with Gasteiger partial charge in [-0.2, -0.15) is 0 Å². The molecule has 0 spiro atoms. The van der Waals surface area contributed by atoms with Gasteiger partial charge in [-0.3, -0.25) is 0 Å². The van der Waals surface area contributed by atoms with Crippen LogP contribution in [0.4, 0.5) is 4.39 Å². The quantitative estimate of drug-likeness (QED) is 0.705. The van der Waals surface area contributed by atoms with Crippen LogP contribution in [0, 0.1) is 5.82 Å². The van der Waals surface area contributed by atoms with Gasteiger partial charge in [0.15, 0.2) is 0 Å². The lowest BCUT2D eigenvalue weighted by Gasteiger charge is -2.29. The topological polar surface area (TPSA) is 51.5 Å². The maximum absolute atomic E-state index is 13.5. The van der Waals surface area contributed by atoms with Gasteiger partial charge >= 0.3 is 5.63 Å². The highest BCUT2D eigenvalue weighted by atomic mass is 19.1. The van der Waals surface area contributed by atoms with E-state index in [4.69, 9.17) is 9.15 Å². The molecular weight excluding hydrogens is 345 g/mol. The SMILES string of the molecule is O=c1oc2cc(OC3C[C@H]4CC[C@@H](C3)N4)ccc2cc1-c1cccc(F)c1. The zero-order valence-electron chi connectivity index (χ0n) is 14.8. The summed E-state index contributed by atoms with van der Waals surface area (Å²) in [6.07, 6.45) is 4.66. The number of benzene rings is 2. The second kappa shape index (κ2) is 6.50. The highest BCUT2D eigenvalue weighted by molar-refractivity contribution is 5.82. The number of halogens is 1. The zero-order chi connectivity index (χ0) is 18.4. The molecule has 0 aliphatic carbocycles. The van der Waals surface area contributed by atoms with E-state index in [0.717, 1.165) is 24.0 Å². The van der Waals surface area contributed by atoms with Gasteiger partial charge in [0.1, 0.15) is 23.3 Å². The number of fused-ring (bicyclic) bond motifs is 3. The maximum atomic E-state index is 13.5. The number of nitrogens with one attached hydrogen (secondary N) is 1. The molecule has 0 radical (unpaired) electrons. The molecule has 3 atom stereocenters. The van der Waals surface area contributed by atoms with Crippen molar-refractivity contribution in [2.45, 2.75) is 43.9 Å². The molecule has 5 rings (SSSR count). The van der Waals surface area contributed by atoms with Gasteiger partial charge in [0, 0.05) is 23.5 Å². The van der Waals surface area contributed by atoms with E-state index < -0.39 is 5.63 Å². The summed E-state index contributed by atoms with van der Waals surface area (Å²) in [4.78, 5) is 12.4. The van der Waals surface area contributed by atoms with E-state index in [0.29, 0.717) is 28.8 Å². The minimum absolute atomic E-state index is 0.194. The molecule has 1 unspecified atom stereocenters. The first-order valence-corrected chi connectivity index (χ1v) is 9.40. The Morgan fingerprint density at radius 1 is 1.04 bits per heavy atom. The number of hydrogen-bond acceptors (Lipinski definition) is 4. The molecule has 2 aromatic carbocycles. The van der Waals surface area contributed by atoms with Gasteiger partial charge in [0.25, 0.3) is 0 Å². The fraction of sp³-hybridized carbons (Fsp3) is 0.318. The van der Waals surface area contributed by atoms with Crippen molar-refractivity contribution in [3.05, 3.63) is 64.8 Å². The Labute approximate surface area is 156 Å². The first kappa shape index (κ1) is 16.5. The van der Waals surface area contributed by atoms with Crippen molar-refractivity contribution in [1.82, 2.24) is 5.32 Å². The van der Waals surface area contributed by atoms with Crippen molar-refractivity contribution < 1.29 is 13.5 Å². The Morgan fingerprint density at radius 2 is 1.85 bits per heavy atom. The Hall–Kier alpha value is -2.66. The van der Waals surface area contributed by atoms with Crippen LogP contribution in [0.25, 0.3) is 22.1 Å². The smallest absolute Gasteiger partial charge is 0.344 e. The highest BCUT2D eigenvalue weighted by Crippen LogP contribution is 2.31. The van der Waals surface area contributed by atoms with E-state index in [1.807, 2.05) is 12.1 Å². The van der Waals surface area contributed by atoms with E-state index in [1.165, 1.54) is 25.0 Å². The number of piperidine rings is 1. The van der Waals surface area contributed by atoms with Crippen molar-refractivity contribution in [2.75, 3.05) is 0 Å². The van der Waals surface area contributed by atoms with Crippen molar-refractivity contribution in [3.8, 4) is 16.9 Å². The first-order valence-electron chi connectivity index (χ1n) is 9.40. The van der Waals surface area contributed by atoms with Crippen LogP contribution >= 0.6 is 0 Å². The van der Waals surface area contributed by atoms with Crippen LogP contribution in [-0.4, -0.2) is 18.2 Å². The van der Waals surface area contributed by atoms with Crippen molar-refractivity contribution in [2.24, 2.45) is 0 Å². The van der Waals surface area contributed by atoms with E-state index in [9.17, 15) is 9.18 Å². The molecule has 0 saturated carbocycles. The molecule has 2 aliphatic heterocycles. The lowest BCUT2D eigenvalue weighted by molar-refractivity contribution is 0.137. The van der Waals surface area contributed by atoms with Crippen molar-refractivity contribution in [1.29, 1.82) is 0 Å². The van der Waals surface area contributed by atoms with E-state index >= 15 is 0 Å². The number of hydrogen-bond donors (Lipinski definition) is 1. The second-order valence-electron chi connectivity index (χ2n) is 7.51. The third-order valence-corrected chi connectivity index (χ3v) is 5.58. The van der Waals surface area contributed by atoms with Gasteiger partial charge in [0.05, 0.1) is 5.56 Å². The molecule has 2 fully saturated rings. The highest BCUT2D eigenvalue weighted by Gasteiger charge is 2.34. The molecule has 4 nitrogen and oxygen atoms in total. The molecule has 0 amide bonds. The number of rotatable bonds is 3. The van der Waals surface area contributed by atoms with Gasteiger partial charge in [-0.25, -0.2) is 9.18 Å². The average Bonchev–Trinajstić information content (AvgIpc) is 2.99. The summed E-state index contributed by atoms with van der Waals surface area (Å²) in [5.41, 5.74) is 0.862. The monoisotopic (exact) mass is 365 g/mol. The number of ether oxygens (including phenoxy) is 1. The predicted octanol–water partition coefficient (Wildman–Crippen LogP) is 4.26. The van der Waals surface area contributed by atoms with Gasteiger partial charge in [-0.1, -0.05) is 12.1 Å². The molecule has 138 valence electrons. The minimum atomic E-state index is -0.481. The molecule has 1 aromatic heterocycles. The van der Waals surface area contributed by atoms with Crippen LogP contribution in [0.5, 0.6) is 5.75 Å². The van der Waals surface area contributed by atoms with Gasteiger partial charge in [0.2, 0.25) is 0 Å². The van der Waals surface area contributed by atoms with E-state index in [1.54, 1.807) is 24.3 Å². The lowest BCUT2D eigenvalue weighted by Crippen LogP contribution is -2.42. The average molecular weight is 365 g/mol. The lowest BCUT2D eigenvalue weighted by atomic mass is 10.0. The van der Waals surface area contributed by atoms with Crippen LogP contribution in [0.2, 0.25) is 0 Å². The molecular formula is C22H20FNO3. The molecule has 2 bridgehead atoms. The molecule has 3 aromatic rings. The summed E-state index contributed by atoms with van der Waals surface area (Å²) < 4.78 is 25.1. The van der Waals surface area contributed by atoms with Gasteiger partial charge in [-0.15, -0.1) is 0 Å². The molecule has 3 heterocycles. The maximum Gasteiger partial charge on any atom is 0.344 e. The summed E-state index contributed by atoms with van der Waals surface area (Å²) in [5.74, 6) is 0.335. The molecule has 1 N–H and O–H groups in total. The zero-order valence-corrected chi connectivity index (χ0v) is 14.8. The fourth-order valence-corrected chi connectivity index (χ4v) is 4.32. The first-order chi connectivity index (χ1) is 13.1. The molecule has 5 heteroatoms. The van der Waals surface area contributed by atoms with Crippen LogP contribution < -0.4 is 15.7 Å². The third kappa shape index (κ3) is 3.23. The fourth-order valence-electron chi connectivity index (χ4n) is 4.32. The van der Waals surface area contributed by atoms with Crippen LogP contribution in [0.1, 0.15) is 25.7 Å². The van der Waals surface area contributed by atoms with Gasteiger partial charge in [-0.05, 0) is 61.6 Å². The Bertz CT molecular complexity index is 1050. The summed E-state index contributed by atoms with van der Waals surface area (Å²) in [6, 6.07) is 14.4. The largest absolute Gasteiger partial charge is 0.490 e. The standard InChI is InChI=1S/C22H20FNO3/c23-15-3-1-2-13(8-15)20-9-14-4-7-18(12-21(14)27-22(20)25)26-19-10-16-5-6-17(11-19)24-16/h1-4,7-9,12,16-17,19,24H,5-6,10-11H2/t16-,17+,19?. The van der Waals surface area contributed by atoms with Crippen LogP contribution in [-0.2, 0) is 0 Å². The molecule has 2 aliphatic rings. The summed E-state index contributed by atoms with van der Waals surface area (Å²) in [7, 11) is 0. The minimum Gasteiger partial charge on any atom is -0.490 e. The normalized spacial score (nSPS) is 24.3. The van der Waals surface area contributed by atoms with Crippen molar-refractivity contribution >= 4 is 11.0 Å². The Kier molecular flexibility index (Phi) is 3.97. The van der Waals surface area contributed by atoms with Crippen molar-refractivity contribution in [3.63, 3.8) is 0 Å². The summed E-state index contributed by atoms with van der Waals surface area (Å²) in [6.45, 7) is 0.